The van der Waals surface area contributed by atoms with Crippen molar-refractivity contribution >= 4 is 48.2 Å². The first-order valence-electron chi connectivity index (χ1n) is 13.8. The smallest absolute Gasteiger partial charge is 0.423 e. The molecule has 0 aromatic heterocycles. The average molecular weight is 505 g/mol. The van der Waals surface area contributed by atoms with E-state index < -0.39 is 14.2 Å². The molecule has 2 aromatic carbocycles. The highest BCUT2D eigenvalue weighted by atomic mass is 24.3. The zero-order chi connectivity index (χ0) is 25.6. The van der Waals surface area contributed by atoms with Crippen LogP contribution in [0.3, 0.4) is 0 Å². The van der Waals surface area contributed by atoms with Gasteiger partial charge in [0.05, 0.1) is 0 Å². The fourth-order valence-corrected chi connectivity index (χ4v) is 6.25. The quantitative estimate of drug-likeness (QED) is 0.297. The molecule has 2 atom stereocenters. The van der Waals surface area contributed by atoms with Crippen molar-refractivity contribution in [3.05, 3.63) is 47.5 Å². The molecule has 0 heterocycles. The van der Waals surface area contributed by atoms with Crippen LogP contribution in [0.25, 0.3) is 11.1 Å². The molecular formula is C29H46B2MgO4. The Morgan fingerprint density at radius 1 is 0.667 bits per heavy atom. The molecule has 4 nitrogen and oxygen atoms in total. The first-order valence-corrected chi connectivity index (χ1v) is 13.8. The van der Waals surface area contributed by atoms with Gasteiger partial charge in [-0.2, -0.15) is 0 Å². The third-order valence-electron chi connectivity index (χ3n) is 8.37. The largest absolute Gasteiger partial charge is 0.488 e. The number of unbranched alkanes of at least 4 members (excludes halogenated alkanes) is 2. The van der Waals surface area contributed by atoms with E-state index in [0.29, 0.717) is 22.8 Å². The van der Waals surface area contributed by atoms with Crippen LogP contribution < -0.4 is 10.9 Å². The summed E-state index contributed by atoms with van der Waals surface area (Å²) in [4.78, 5) is 0. The molecule has 3 rings (SSSR count). The van der Waals surface area contributed by atoms with E-state index in [1.54, 1.807) is 12.1 Å². The zero-order valence-corrected chi connectivity index (χ0v) is 22.1. The normalized spacial score (nSPS) is 15.0. The maximum Gasteiger partial charge on any atom is 0.488 e. The molecule has 2 unspecified atom stereocenters. The third-order valence-corrected chi connectivity index (χ3v) is 8.37. The summed E-state index contributed by atoms with van der Waals surface area (Å²) in [6.45, 7) is 9.04. The highest BCUT2D eigenvalue weighted by Crippen LogP contribution is 2.55. The van der Waals surface area contributed by atoms with Crippen LogP contribution in [0.4, 0.5) is 0 Å². The lowest BCUT2D eigenvalue weighted by Gasteiger charge is -2.39. The Bertz CT molecular complexity index is 889. The molecule has 0 saturated carbocycles. The number of hydrogen-bond donors (Lipinski definition) is 4. The molecular weight excluding hydrogens is 458 g/mol. The average Bonchev–Trinajstić information content (AvgIpc) is 3.12. The van der Waals surface area contributed by atoms with Crippen LogP contribution in [0, 0.1) is 11.8 Å². The monoisotopic (exact) mass is 504 g/mol. The predicted molar refractivity (Wildman–Crippen MR) is 157 cm³/mol. The van der Waals surface area contributed by atoms with Crippen LogP contribution in [-0.2, 0) is 5.41 Å². The molecule has 0 spiro atoms. The third kappa shape index (κ3) is 6.78. The lowest BCUT2D eigenvalue weighted by molar-refractivity contribution is 0.266. The molecule has 0 fully saturated rings. The standard InChI is InChI=1S/C29H44B2O4.Mg.2H/c1-5-9-11-21(7-3)19-29(20-22(8-4)12-10-6-2)27-17-23(30(32)33)13-15-25(27)26-16-14-24(31(34)35)18-28(26)29;;;/h13-18,21-22,32-35H,5-12,19-20H2,1-4H3;;;. The fraction of sp³-hybridized carbons (Fsp3) is 0.586. The van der Waals surface area contributed by atoms with E-state index >= 15 is 0 Å². The second-order valence-electron chi connectivity index (χ2n) is 10.7. The molecule has 2 aromatic rings. The van der Waals surface area contributed by atoms with Crippen molar-refractivity contribution in [1.29, 1.82) is 0 Å². The van der Waals surface area contributed by atoms with Crippen molar-refractivity contribution < 1.29 is 20.1 Å². The highest BCUT2D eigenvalue weighted by molar-refractivity contribution is 6.59. The molecule has 1 aliphatic carbocycles. The Morgan fingerprint density at radius 3 is 1.36 bits per heavy atom. The summed E-state index contributed by atoms with van der Waals surface area (Å²) in [6.07, 6.45) is 11.3. The second-order valence-corrected chi connectivity index (χ2v) is 10.7. The Kier molecular flexibility index (Phi) is 12.5. The lowest BCUT2D eigenvalue weighted by atomic mass is 9.63. The van der Waals surface area contributed by atoms with Gasteiger partial charge in [-0.05, 0) is 57.9 Å². The van der Waals surface area contributed by atoms with Crippen LogP contribution in [0.5, 0.6) is 0 Å². The van der Waals surface area contributed by atoms with Crippen molar-refractivity contribution in [2.75, 3.05) is 0 Å². The molecule has 0 aliphatic heterocycles. The van der Waals surface area contributed by atoms with Gasteiger partial charge in [0.25, 0.3) is 0 Å². The van der Waals surface area contributed by atoms with Crippen molar-refractivity contribution in [3.63, 3.8) is 0 Å². The molecule has 194 valence electrons. The van der Waals surface area contributed by atoms with E-state index in [4.69, 9.17) is 0 Å². The van der Waals surface area contributed by atoms with Crippen LogP contribution >= 0.6 is 0 Å². The van der Waals surface area contributed by atoms with Gasteiger partial charge in [-0.1, -0.05) is 115 Å². The van der Waals surface area contributed by atoms with Crippen molar-refractivity contribution in [1.82, 2.24) is 0 Å². The molecule has 0 radical (unpaired) electrons. The van der Waals surface area contributed by atoms with Gasteiger partial charge in [0.15, 0.2) is 0 Å². The minimum atomic E-state index is -1.51. The topological polar surface area (TPSA) is 80.9 Å². The summed E-state index contributed by atoms with van der Waals surface area (Å²) in [5, 5.41) is 40.1. The number of benzene rings is 2. The Morgan fingerprint density at radius 2 is 1.06 bits per heavy atom. The summed E-state index contributed by atoms with van der Waals surface area (Å²) >= 11 is 0. The lowest BCUT2D eigenvalue weighted by Crippen LogP contribution is -2.36. The zero-order valence-electron chi connectivity index (χ0n) is 22.1. The van der Waals surface area contributed by atoms with Gasteiger partial charge in [0.1, 0.15) is 0 Å². The van der Waals surface area contributed by atoms with Crippen LogP contribution in [0.15, 0.2) is 36.4 Å². The minimum absolute atomic E-state index is 0. The van der Waals surface area contributed by atoms with E-state index in [-0.39, 0.29) is 28.5 Å². The Hall–Kier alpha value is -0.824. The molecule has 1 aliphatic rings. The first kappa shape index (κ1) is 31.4. The van der Waals surface area contributed by atoms with E-state index in [9.17, 15) is 20.1 Å². The van der Waals surface area contributed by atoms with E-state index in [0.717, 1.165) is 36.8 Å². The highest BCUT2D eigenvalue weighted by Gasteiger charge is 2.46. The van der Waals surface area contributed by atoms with Gasteiger partial charge < -0.3 is 20.1 Å². The van der Waals surface area contributed by atoms with Gasteiger partial charge in [-0.15, -0.1) is 0 Å². The summed E-state index contributed by atoms with van der Waals surface area (Å²) < 4.78 is 0. The van der Waals surface area contributed by atoms with Crippen LogP contribution in [-0.4, -0.2) is 57.4 Å². The van der Waals surface area contributed by atoms with Gasteiger partial charge in [0, 0.05) is 5.41 Å². The van der Waals surface area contributed by atoms with Crippen molar-refractivity contribution in [2.24, 2.45) is 11.8 Å². The Balaban J connectivity index is 0.00000456. The number of hydrogen-bond acceptors (Lipinski definition) is 4. The second kappa shape index (κ2) is 14.4. The van der Waals surface area contributed by atoms with Crippen LogP contribution in [0.1, 0.15) is 103 Å². The van der Waals surface area contributed by atoms with E-state index in [1.165, 1.54) is 49.7 Å². The maximum absolute atomic E-state index is 10.0. The number of fused-ring (bicyclic) bond motifs is 3. The molecule has 36 heavy (non-hydrogen) atoms. The summed E-state index contributed by atoms with van der Waals surface area (Å²) in [5.41, 5.74) is 5.37. The number of rotatable bonds is 14. The Labute approximate surface area is 235 Å². The van der Waals surface area contributed by atoms with Gasteiger partial charge in [-0.25, -0.2) is 0 Å². The predicted octanol–water partition coefficient (Wildman–Crippen LogP) is 3.61. The van der Waals surface area contributed by atoms with Crippen molar-refractivity contribution in [2.45, 2.75) is 97.3 Å². The molecule has 0 amide bonds. The summed E-state index contributed by atoms with van der Waals surface area (Å²) in [6, 6.07) is 11.7. The molecule has 0 bridgehead atoms. The minimum Gasteiger partial charge on any atom is -0.423 e. The van der Waals surface area contributed by atoms with E-state index in [1.807, 2.05) is 24.3 Å². The molecule has 0 saturated heterocycles. The van der Waals surface area contributed by atoms with Crippen LogP contribution in [0.2, 0.25) is 0 Å². The first-order chi connectivity index (χ1) is 16.8. The van der Waals surface area contributed by atoms with Crippen molar-refractivity contribution in [3.8, 4) is 11.1 Å². The summed E-state index contributed by atoms with van der Waals surface area (Å²) in [5.74, 6) is 1.09. The van der Waals surface area contributed by atoms with Gasteiger partial charge in [0.2, 0.25) is 0 Å². The molecule has 4 N–H and O–H groups in total. The molecule has 7 heteroatoms. The van der Waals surface area contributed by atoms with Gasteiger partial charge >= 0.3 is 37.3 Å². The maximum atomic E-state index is 10.0. The van der Waals surface area contributed by atoms with Gasteiger partial charge in [-0.3, -0.25) is 0 Å². The summed E-state index contributed by atoms with van der Waals surface area (Å²) in [7, 11) is -3.03. The fourth-order valence-electron chi connectivity index (χ4n) is 6.25. The SMILES string of the molecule is CCCCC(CC)CC1(CC(CC)CCCC)c2cc(B(O)O)ccc2-c2ccc(B(O)O)cc21.[MgH2]. The van der Waals surface area contributed by atoms with E-state index in [2.05, 4.69) is 27.7 Å².